The molecule has 2 aliphatic heterocycles. The van der Waals surface area contributed by atoms with Gasteiger partial charge in [-0.2, -0.15) is 0 Å². The van der Waals surface area contributed by atoms with Gasteiger partial charge in [0, 0.05) is 45.5 Å². The fourth-order valence-corrected chi connectivity index (χ4v) is 3.90. The summed E-state index contributed by atoms with van der Waals surface area (Å²) in [6, 6.07) is 5.35. The lowest BCUT2D eigenvalue weighted by molar-refractivity contribution is 0.0714. The van der Waals surface area contributed by atoms with E-state index in [0.29, 0.717) is 37.5 Å². The second kappa shape index (κ2) is 8.46. The van der Waals surface area contributed by atoms with Crippen LogP contribution in [0.25, 0.3) is 0 Å². The molecule has 2 aromatic heterocycles. The van der Waals surface area contributed by atoms with Gasteiger partial charge in [-0.25, -0.2) is 0 Å². The molecule has 2 aliphatic rings. The molecule has 2 aromatic rings. The van der Waals surface area contributed by atoms with Crippen LogP contribution in [0.15, 0.2) is 41.3 Å². The fourth-order valence-electron chi connectivity index (χ4n) is 3.90. The Morgan fingerprint density at radius 1 is 0.857 bits per heavy atom. The van der Waals surface area contributed by atoms with Crippen LogP contribution in [0.3, 0.4) is 0 Å². The summed E-state index contributed by atoms with van der Waals surface area (Å²) in [4.78, 5) is 35.5. The Morgan fingerprint density at radius 3 is 2.25 bits per heavy atom. The number of aromatic nitrogens is 1. The maximum atomic E-state index is 12.9. The van der Waals surface area contributed by atoms with Crippen molar-refractivity contribution in [2.75, 3.05) is 44.2 Å². The van der Waals surface area contributed by atoms with Crippen LogP contribution in [-0.2, 0) is 0 Å². The summed E-state index contributed by atoms with van der Waals surface area (Å²) in [6.07, 6.45) is 9.51. The molecule has 0 spiro atoms. The zero-order valence-electron chi connectivity index (χ0n) is 16.0. The Hall–Kier alpha value is -2.83. The van der Waals surface area contributed by atoms with E-state index in [1.807, 2.05) is 11.0 Å². The van der Waals surface area contributed by atoms with Crippen LogP contribution in [0.5, 0.6) is 0 Å². The Balaban J connectivity index is 1.39. The summed E-state index contributed by atoms with van der Waals surface area (Å²) in [7, 11) is 0. The molecule has 0 saturated carbocycles. The predicted octanol–water partition coefficient (Wildman–Crippen LogP) is 2.65. The molecule has 28 heavy (non-hydrogen) atoms. The van der Waals surface area contributed by atoms with Gasteiger partial charge < -0.3 is 19.1 Å². The molecule has 0 N–H and O–H groups in total. The number of pyridine rings is 1. The highest BCUT2D eigenvalue weighted by Crippen LogP contribution is 2.20. The number of carbonyl (C=O) groups excluding carboxylic acids is 2. The van der Waals surface area contributed by atoms with Crippen molar-refractivity contribution >= 4 is 17.5 Å². The van der Waals surface area contributed by atoms with Crippen molar-refractivity contribution in [3.63, 3.8) is 0 Å². The van der Waals surface area contributed by atoms with Gasteiger partial charge in [0.2, 0.25) is 0 Å². The normalized spacial score (nSPS) is 18.1. The lowest BCUT2D eigenvalue weighted by atomic mass is 10.2. The molecule has 2 saturated heterocycles. The molecular weight excluding hydrogens is 356 g/mol. The van der Waals surface area contributed by atoms with Gasteiger partial charge in [0.05, 0.1) is 23.7 Å². The van der Waals surface area contributed by atoms with E-state index in [0.717, 1.165) is 31.6 Å². The summed E-state index contributed by atoms with van der Waals surface area (Å²) in [5.41, 5.74) is 1.58. The summed E-state index contributed by atoms with van der Waals surface area (Å²) in [6.45, 7) is 4.30. The first-order valence-electron chi connectivity index (χ1n) is 10.0. The number of nitrogens with zero attached hydrogens (tertiary/aromatic N) is 4. The molecular formula is C21H26N4O3. The number of hydrogen-bond donors (Lipinski definition) is 0. The van der Waals surface area contributed by atoms with Crippen molar-refractivity contribution in [2.45, 2.75) is 25.7 Å². The fraction of sp³-hybridized carbons (Fsp3) is 0.476. The topological polar surface area (TPSA) is 69.9 Å². The second-order valence-electron chi connectivity index (χ2n) is 7.39. The molecule has 0 radical (unpaired) electrons. The zero-order valence-corrected chi connectivity index (χ0v) is 16.0. The molecule has 4 heterocycles. The summed E-state index contributed by atoms with van der Waals surface area (Å²) in [5, 5.41) is 0. The number of carbonyl (C=O) groups is 2. The summed E-state index contributed by atoms with van der Waals surface area (Å²) in [5.74, 6) is 0.371. The third-order valence-electron chi connectivity index (χ3n) is 5.53. The molecule has 0 aromatic carbocycles. The van der Waals surface area contributed by atoms with Crippen LogP contribution in [0.4, 0.5) is 5.69 Å². The lowest BCUT2D eigenvalue weighted by Crippen LogP contribution is -2.48. The van der Waals surface area contributed by atoms with Crippen molar-refractivity contribution in [2.24, 2.45) is 0 Å². The van der Waals surface area contributed by atoms with Crippen LogP contribution in [0, 0.1) is 0 Å². The Morgan fingerprint density at radius 2 is 1.57 bits per heavy atom. The third kappa shape index (κ3) is 4.03. The first-order valence-corrected chi connectivity index (χ1v) is 10.0. The molecule has 0 bridgehead atoms. The van der Waals surface area contributed by atoms with Crippen LogP contribution >= 0.6 is 0 Å². The lowest BCUT2D eigenvalue weighted by Gasteiger charge is -2.35. The van der Waals surface area contributed by atoms with Gasteiger partial charge in [0.15, 0.2) is 5.76 Å². The highest BCUT2D eigenvalue weighted by atomic mass is 16.3. The monoisotopic (exact) mass is 382 g/mol. The maximum absolute atomic E-state index is 12.9. The molecule has 7 nitrogen and oxygen atoms in total. The van der Waals surface area contributed by atoms with Crippen LogP contribution in [0.2, 0.25) is 0 Å². The first kappa shape index (κ1) is 18.5. The van der Waals surface area contributed by atoms with Gasteiger partial charge in [-0.15, -0.1) is 0 Å². The Kier molecular flexibility index (Phi) is 5.60. The van der Waals surface area contributed by atoms with Crippen molar-refractivity contribution in [3.05, 3.63) is 48.2 Å². The molecule has 148 valence electrons. The van der Waals surface area contributed by atoms with E-state index in [9.17, 15) is 9.59 Å². The van der Waals surface area contributed by atoms with Crippen LogP contribution < -0.4 is 4.90 Å². The van der Waals surface area contributed by atoms with E-state index in [1.54, 1.807) is 29.4 Å². The molecule has 0 unspecified atom stereocenters. The van der Waals surface area contributed by atoms with Crippen molar-refractivity contribution in [1.82, 2.24) is 14.8 Å². The third-order valence-corrected chi connectivity index (χ3v) is 5.53. The number of hydrogen-bond acceptors (Lipinski definition) is 5. The zero-order chi connectivity index (χ0) is 19.3. The van der Waals surface area contributed by atoms with Gasteiger partial charge in [0.1, 0.15) is 0 Å². The van der Waals surface area contributed by atoms with Crippen LogP contribution in [-0.4, -0.2) is 65.9 Å². The van der Waals surface area contributed by atoms with Crippen LogP contribution in [0.1, 0.15) is 46.6 Å². The average molecular weight is 382 g/mol. The van der Waals surface area contributed by atoms with E-state index >= 15 is 0 Å². The van der Waals surface area contributed by atoms with Gasteiger partial charge in [-0.3, -0.25) is 14.6 Å². The van der Waals surface area contributed by atoms with Crippen molar-refractivity contribution in [1.29, 1.82) is 0 Å². The molecule has 0 aliphatic carbocycles. The van der Waals surface area contributed by atoms with Gasteiger partial charge >= 0.3 is 0 Å². The minimum atomic E-state index is -0.0760. The summed E-state index contributed by atoms with van der Waals surface area (Å²) >= 11 is 0. The quantitative estimate of drug-likeness (QED) is 0.816. The summed E-state index contributed by atoms with van der Waals surface area (Å²) < 4.78 is 5.21. The maximum Gasteiger partial charge on any atom is 0.289 e. The first-order chi connectivity index (χ1) is 13.7. The second-order valence-corrected chi connectivity index (χ2v) is 7.39. The average Bonchev–Trinajstić information content (AvgIpc) is 3.15. The van der Waals surface area contributed by atoms with E-state index < -0.39 is 0 Å². The number of furan rings is 1. The van der Waals surface area contributed by atoms with E-state index in [2.05, 4.69) is 9.88 Å². The molecule has 2 amide bonds. The SMILES string of the molecule is O=C(c1cncc(N2CCN(C(=O)c3ccco3)CC2)c1)N1CCCCCC1. The highest BCUT2D eigenvalue weighted by molar-refractivity contribution is 5.95. The van der Waals surface area contributed by atoms with Crippen molar-refractivity contribution in [3.8, 4) is 0 Å². The minimum Gasteiger partial charge on any atom is -0.459 e. The standard InChI is InChI=1S/C21H26N4O3/c26-20(24-7-3-1-2-4-8-24)17-14-18(16-22-15-17)23-9-11-25(12-10-23)21(27)19-6-5-13-28-19/h5-6,13-16H,1-4,7-12H2. The number of likely N-dealkylation sites (tertiary alicyclic amines) is 1. The number of rotatable bonds is 3. The smallest absolute Gasteiger partial charge is 0.289 e. The Labute approximate surface area is 164 Å². The predicted molar refractivity (Wildman–Crippen MR) is 105 cm³/mol. The van der Waals surface area contributed by atoms with E-state index in [-0.39, 0.29) is 11.8 Å². The molecule has 4 rings (SSSR count). The van der Waals surface area contributed by atoms with Gasteiger partial charge in [-0.05, 0) is 31.0 Å². The minimum absolute atomic E-state index is 0.0721. The van der Waals surface area contributed by atoms with Gasteiger partial charge in [-0.1, -0.05) is 12.8 Å². The number of amides is 2. The largest absolute Gasteiger partial charge is 0.459 e. The number of anilines is 1. The Bertz CT molecular complexity index is 805. The molecule has 2 fully saturated rings. The molecule has 0 atom stereocenters. The van der Waals surface area contributed by atoms with E-state index in [1.165, 1.54) is 19.1 Å². The molecule has 7 heteroatoms. The van der Waals surface area contributed by atoms with Gasteiger partial charge in [0.25, 0.3) is 11.8 Å². The van der Waals surface area contributed by atoms with Crippen molar-refractivity contribution < 1.29 is 14.0 Å². The number of piperazine rings is 1. The highest BCUT2D eigenvalue weighted by Gasteiger charge is 2.25. The van der Waals surface area contributed by atoms with E-state index in [4.69, 9.17) is 4.42 Å².